The van der Waals surface area contributed by atoms with Gasteiger partial charge in [0.2, 0.25) is 5.88 Å². The highest BCUT2D eigenvalue weighted by molar-refractivity contribution is 5.89. The number of aryl methyl sites for hydroxylation is 1. The van der Waals surface area contributed by atoms with Gasteiger partial charge in [-0.15, -0.1) is 0 Å². The van der Waals surface area contributed by atoms with Gasteiger partial charge in [0, 0.05) is 12.3 Å². The number of aromatic nitrogens is 1. The average Bonchev–Trinajstić information content (AvgIpc) is 2.48. The fraction of sp³-hybridized carbons (Fsp3) is 0.200. The third kappa shape index (κ3) is 3.06. The van der Waals surface area contributed by atoms with E-state index < -0.39 is 5.97 Å². The largest absolute Gasteiger partial charge is 0.465 e. The van der Waals surface area contributed by atoms with Crippen LogP contribution in [0, 0.1) is 0 Å². The van der Waals surface area contributed by atoms with Crippen molar-refractivity contribution >= 4 is 11.7 Å². The van der Waals surface area contributed by atoms with Crippen LogP contribution in [0.15, 0.2) is 36.5 Å². The summed E-state index contributed by atoms with van der Waals surface area (Å²) >= 11 is 0. The van der Waals surface area contributed by atoms with Crippen molar-refractivity contribution in [3.63, 3.8) is 0 Å². The van der Waals surface area contributed by atoms with Crippen LogP contribution < -0.4 is 10.5 Å². The van der Waals surface area contributed by atoms with Gasteiger partial charge in [0.25, 0.3) is 0 Å². The molecule has 0 fully saturated rings. The molecule has 0 amide bonds. The van der Waals surface area contributed by atoms with Gasteiger partial charge in [-0.1, -0.05) is 13.0 Å². The number of pyridine rings is 1. The molecule has 5 nitrogen and oxygen atoms in total. The van der Waals surface area contributed by atoms with Gasteiger partial charge in [0.15, 0.2) is 5.75 Å². The van der Waals surface area contributed by atoms with Gasteiger partial charge >= 0.3 is 5.97 Å². The fourth-order valence-electron chi connectivity index (χ4n) is 1.73. The summed E-state index contributed by atoms with van der Waals surface area (Å²) in [7, 11) is 1.32. The number of nitrogens with two attached hydrogens (primary N) is 1. The highest BCUT2D eigenvalue weighted by Crippen LogP contribution is 2.27. The Morgan fingerprint density at radius 3 is 2.75 bits per heavy atom. The molecular formula is C15H16N2O3. The molecule has 1 aromatic carbocycles. The van der Waals surface area contributed by atoms with Crippen molar-refractivity contribution in [3.05, 3.63) is 47.7 Å². The normalized spacial score (nSPS) is 10.1. The standard InChI is InChI=1S/C15H16N2O3/c1-3-10-4-5-13(12(16)8-10)20-14-9-11(6-7-17-14)15(18)19-2/h4-9H,3,16H2,1-2H3. The zero-order valence-corrected chi connectivity index (χ0v) is 11.4. The smallest absolute Gasteiger partial charge is 0.338 e. The predicted octanol–water partition coefficient (Wildman–Crippen LogP) is 2.81. The number of methoxy groups -OCH3 is 1. The van der Waals surface area contributed by atoms with E-state index in [0.717, 1.165) is 12.0 Å². The summed E-state index contributed by atoms with van der Waals surface area (Å²) in [6.45, 7) is 2.05. The molecule has 0 radical (unpaired) electrons. The van der Waals surface area contributed by atoms with Gasteiger partial charge in [-0.3, -0.25) is 0 Å². The Labute approximate surface area is 117 Å². The molecule has 1 heterocycles. The van der Waals surface area contributed by atoms with Crippen LogP contribution in [0.5, 0.6) is 11.6 Å². The monoisotopic (exact) mass is 272 g/mol. The first-order valence-electron chi connectivity index (χ1n) is 6.24. The van der Waals surface area contributed by atoms with Crippen LogP contribution in [0.2, 0.25) is 0 Å². The van der Waals surface area contributed by atoms with E-state index in [1.165, 1.54) is 19.4 Å². The molecule has 5 heteroatoms. The summed E-state index contributed by atoms with van der Waals surface area (Å²) in [5, 5.41) is 0. The molecule has 20 heavy (non-hydrogen) atoms. The summed E-state index contributed by atoms with van der Waals surface area (Å²) in [6, 6.07) is 8.66. The minimum absolute atomic E-state index is 0.295. The van der Waals surface area contributed by atoms with E-state index in [-0.39, 0.29) is 0 Å². The lowest BCUT2D eigenvalue weighted by Crippen LogP contribution is -2.02. The Morgan fingerprint density at radius 2 is 2.10 bits per heavy atom. The molecule has 104 valence electrons. The molecule has 0 spiro atoms. The Bertz CT molecular complexity index is 626. The van der Waals surface area contributed by atoms with Crippen LogP contribution >= 0.6 is 0 Å². The average molecular weight is 272 g/mol. The zero-order valence-electron chi connectivity index (χ0n) is 11.4. The van der Waals surface area contributed by atoms with Crippen molar-refractivity contribution in [2.75, 3.05) is 12.8 Å². The maximum Gasteiger partial charge on any atom is 0.338 e. The molecule has 2 rings (SSSR count). The van der Waals surface area contributed by atoms with Crippen molar-refractivity contribution in [1.29, 1.82) is 0 Å². The third-order valence-electron chi connectivity index (χ3n) is 2.85. The van der Waals surface area contributed by atoms with E-state index in [1.807, 2.05) is 12.1 Å². The van der Waals surface area contributed by atoms with Crippen molar-refractivity contribution in [2.24, 2.45) is 0 Å². The van der Waals surface area contributed by atoms with E-state index in [0.29, 0.717) is 22.9 Å². The lowest BCUT2D eigenvalue weighted by atomic mass is 10.1. The number of ether oxygens (including phenoxy) is 2. The van der Waals surface area contributed by atoms with Gasteiger partial charge in [-0.2, -0.15) is 0 Å². The summed E-state index contributed by atoms with van der Waals surface area (Å²) in [5.74, 6) is 0.368. The number of hydrogen-bond acceptors (Lipinski definition) is 5. The maximum absolute atomic E-state index is 11.4. The first-order chi connectivity index (χ1) is 9.63. The number of carbonyl (C=O) groups excluding carboxylic acids is 1. The van der Waals surface area contributed by atoms with E-state index in [9.17, 15) is 4.79 Å². The summed E-state index contributed by atoms with van der Waals surface area (Å²) in [5.41, 5.74) is 7.97. The number of hydrogen-bond donors (Lipinski definition) is 1. The molecule has 0 aliphatic carbocycles. The second kappa shape index (κ2) is 6.06. The van der Waals surface area contributed by atoms with Gasteiger partial charge in [0.1, 0.15) is 0 Å². The topological polar surface area (TPSA) is 74.4 Å². The summed E-state index contributed by atoms with van der Waals surface area (Å²) in [6.07, 6.45) is 2.39. The van der Waals surface area contributed by atoms with Gasteiger partial charge in [-0.25, -0.2) is 9.78 Å². The van der Waals surface area contributed by atoms with Crippen LogP contribution in [0.4, 0.5) is 5.69 Å². The number of nitrogens with zero attached hydrogens (tertiary/aromatic N) is 1. The SMILES string of the molecule is CCc1ccc(Oc2cc(C(=O)OC)ccn2)c(N)c1. The highest BCUT2D eigenvalue weighted by Gasteiger charge is 2.09. The second-order valence-electron chi connectivity index (χ2n) is 4.20. The number of rotatable bonds is 4. The van der Waals surface area contributed by atoms with Crippen LogP contribution in [-0.4, -0.2) is 18.1 Å². The molecule has 0 saturated heterocycles. The summed E-state index contributed by atoms with van der Waals surface area (Å²) in [4.78, 5) is 15.5. The van der Waals surface area contributed by atoms with Gasteiger partial charge in [0.05, 0.1) is 18.4 Å². The van der Waals surface area contributed by atoms with Crippen molar-refractivity contribution < 1.29 is 14.3 Å². The number of esters is 1. The van der Waals surface area contributed by atoms with Gasteiger partial charge < -0.3 is 15.2 Å². The Balaban J connectivity index is 2.24. The lowest BCUT2D eigenvalue weighted by molar-refractivity contribution is 0.0600. The van der Waals surface area contributed by atoms with E-state index in [2.05, 4.69) is 16.6 Å². The molecule has 2 aromatic rings. The molecular weight excluding hydrogens is 256 g/mol. The van der Waals surface area contributed by atoms with Crippen LogP contribution in [-0.2, 0) is 11.2 Å². The van der Waals surface area contributed by atoms with Crippen LogP contribution in [0.1, 0.15) is 22.8 Å². The first kappa shape index (κ1) is 13.9. The number of benzene rings is 1. The minimum atomic E-state index is -0.438. The Kier molecular flexibility index (Phi) is 4.20. The zero-order chi connectivity index (χ0) is 14.5. The van der Waals surface area contributed by atoms with Crippen LogP contribution in [0.3, 0.4) is 0 Å². The Hall–Kier alpha value is -2.56. The molecule has 0 saturated carbocycles. The second-order valence-corrected chi connectivity index (χ2v) is 4.20. The molecule has 2 N–H and O–H groups in total. The van der Waals surface area contributed by atoms with E-state index in [4.69, 9.17) is 10.5 Å². The quantitative estimate of drug-likeness (QED) is 0.684. The van der Waals surface area contributed by atoms with Crippen molar-refractivity contribution in [1.82, 2.24) is 4.98 Å². The summed E-state index contributed by atoms with van der Waals surface area (Å²) < 4.78 is 10.2. The number of carbonyl (C=O) groups is 1. The van der Waals surface area contributed by atoms with Crippen LogP contribution in [0.25, 0.3) is 0 Å². The molecule has 0 aliphatic rings. The minimum Gasteiger partial charge on any atom is -0.465 e. The fourth-order valence-corrected chi connectivity index (χ4v) is 1.73. The van der Waals surface area contributed by atoms with Gasteiger partial charge in [-0.05, 0) is 30.2 Å². The lowest BCUT2D eigenvalue weighted by Gasteiger charge is -2.09. The molecule has 0 bridgehead atoms. The van der Waals surface area contributed by atoms with E-state index >= 15 is 0 Å². The molecule has 0 unspecified atom stereocenters. The first-order valence-corrected chi connectivity index (χ1v) is 6.24. The van der Waals surface area contributed by atoms with Crippen molar-refractivity contribution in [2.45, 2.75) is 13.3 Å². The maximum atomic E-state index is 11.4. The predicted molar refractivity (Wildman–Crippen MR) is 75.9 cm³/mol. The molecule has 0 aliphatic heterocycles. The number of nitrogen functional groups attached to an aromatic ring is 1. The van der Waals surface area contributed by atoms with E-state index in [1.54, 1.807) is 12.1 Å². The molecule has 1 aromatic heterocycles. The molecule has 0 atom stereocenters. The third-order valence-corrected chi connectivity index (χ3v) is 2.85. The highest BCUT2D eigenvalue weighted by atomic mass is 16.5. The van der Waals surface area contributed by atoms with Crippen molar-refractivity contribution in [3.8, 4) is 11.6 Å². The Morgan fingerprint density at radius 1 is 1.30 bits per heavy atom. The number of anilines is 1.